The highest BCUT2D eigenvalue weighted by molar-refractivity contribution is 14.0. The van der Waals surface area contributed by atoms with Crippen molar-refractivity contribution in [1.29, 1.82) is 0 Å². The number of halogens is 1. The highest BCUT2D eigenvalue weighted by Crippen LogP contribution is 2.47. The molecule has 0 aromatic carbocycles. The topological polar surface area (TPSA) is 36.9 Å². The Kier molecular flexibility index (Phi) is 4.99. The summed E-state index contributed by atoms with van der Waals surface area (Å²) in [7, 11) is 1.89. The van der Waals surface area contributed by atoms with Crippen LogP contribution in [-0.2, 0) is 11.3 Å². The molecule has 4 nitrogen and oxygen atoms in total. The summed E-state index contributed by atoms with van der Waals surface area (Å²) in [5, 5.41) is 3.53. The number of guanidine groups is 1. The second-order valence-corrected chi connectivity index (χ2v) is 7.81. The largest absolute Gasteiger partial charge is 0.374 e. The van der Waals surface area contributed by atoms with Crippen LogP contribution in [0.4, 0.5) is 0 Å². The number of aryl methyl sites for hydroxylation is 1. The molecular formula is C16H24IN3OS. The summed E-state index contributed by atoms with van der Waals surface area (Å²) in [6, 6.07) is 4.38. The predicted octanol–water partition coefficient (Wildman–Crippen LogP) is 2.86. The highest BCUT2D eigenvalue weighted by Gasteiger charge is 2.53. The van der Waals surface area contributed by atoms with Crippen LogP contribution in [0.25, 0.3) is 0 Å². The van der Waals surface area contributed by atoms with Crippen LogP contribution in [0.2, 0.25) is 0 Å². The second-order valence-electron chi connectivity index (χ2n) is 6.44. The van der Waals surface area contributed by atoms with Gasteiger partial charge in [-0.1, -0.05) is 0 Å². The molecule has 0 saturated carbocycles. The molecule has 4 heterocycles. The zero-order valence-corrected chi connectivity index (χ0v) is 16.3. The molecule has 4 unspecified atom stereocenters. The van der Waals surface area contributed by atoms with Crippen molar-refractivity contribution >= 4 is 41.3 Å². The standard InChI is InChI=1S/C16H23N3OS.HI/c1-10-3-4-11(21-10)7-18-16(17-2)19-8-12-13(9-19)15-6-5-14(12)20-15;/h3-4,12-15H,5-9H2,1-2H3,(H,17,18);1H. The Morgan fingerprint density at radius 2 is 2.00 bits per heavy atom. The van der Waals surface area contributed by atoms with Crippen molar-refractivity contribution in [1.82, 2.24) is 10.2 Å². The van der Waals surface area contributed by atoms with Crippen molar-refractivity contribution in [3.8, 4) is 0 Å². The van der Waals surface area contributed by atoms with Gasteiger partial charge in [0.05, 0.1) is 18.8 Å². The summed E-state index contributed by atoms with van der Waals surface area (Å²) >= 11 is 1.85. The minimum Gasteiger partial charge on any atom is -0.374 e. The fourth-order valence-electron chi connectivity index (χ4n) is 4.21. The lowest BCUT2D eigenvalue weighted by Crippen LogP contribution is -2.40. The van der Waals surface area contributed by atoms with Crippen LogP contribution >= 0.6 is 35.3 Å². The van der Waals surface area contributed by atoms with Crippen molar-refractivity contribution in [3.63, 3.8) is 0 Å². The number of nitrogens with zero attached hydrogens (tertiary/aromatic N) is 2. The molecule has 6 heteroatoms. The number of nitrogens with one attached hydrogen (secondary N) is 1. The molecule has 0 spiro atoms. The first kappa shape index (κ1) is 16.5. The summed E-state index contributed by atoms with van der Waals surface area (Å²) in [6.07, 6.45) is 3.56. The third-order valence-corrected chi connectivity index (χ3v) is 6.18. The maximum Gasteiger partial charge on any atom is 0.193 e. The van der Waals surface area contributed by atoms with E-state index in [2.05, 4.69) is 34.3 Å². The van der Waals surface area contributed by atoms with Crippen LogP contribution in [0.5, 0.6) is 0 Å². The molecule has 1 N–H and O–H groups in total. The minimum absolute atomic E-state index is 0. The molecule has 3 aliphatic rings. The molecule has 4 atom stereocenters. The molecule has 4 rings (SSSR count). The normalized spacial score (nSPS) is 33.0. The average Bonchev–Trinajstić information content (AvgIpc) is 3.20. The number of hydrogen-bond donors (Lipinski definition) is 1. The van der Waals surface area contributed by atoms with Crippen molar-refractivity contribution in [3.05, 3.63) is 21.9 Å². The van der Waals surface area contributed by atoms with Gasteiger partial charge in [0.15, 0.2) is 5.96 Å². The van der Waals surface area contributed by atoms with E-state index in [0.29, 0.717) is 12.2 Å². The van der Waals surface area contributed by atoms with Crippen LogP contribution < -0.4 is 5.32 Å². The van der Waals surface area contributed by atoms with E-state index < -0.39 is 0 Å². The van der Waals surface area contributed by atoms with Gasteiger partial charge in [0, 0.05) is 41.7 Å². The van der Waals surface area contributed by atoms with Gasteiger partial charge in [-0.05, 0) is 31.9 Å². The number of aliphatic imine (C=N–C) groups is 1. The maximum atomic E-state index is 6.05. The van der Waals surface area contributed by atoms with Crippen LogP contribution in [0.15, 0.2) is 17.1 Å². The molecule has 1 aromatic rings. The highest BCUT2D eigenvalue weighted by atomic mass is 127. The molecule has 2 bridgehead atoms. The zero-order valence-electron chi connectivity index (χ0n) is 13.1. The lowest BCUT2D eigenvalue weighted by molar-refractivity contribution is 0.0767. The molecular weight excluding hydrogens is 409 g/mol. The number of likely N-dealkylation sites (tertiary alicyclic amines) is 1. The molecule has 3 fully saturated rings. The second kappa shape index (κ2) is 6.65. The first-order chi connectivity index (χ1) is 10.2. The van der Waals surface area contributed by atoms with Crippen molar-refractivity contribution in [2.24, 2.45) is 16.8 Å². The Labute approximate surface area is 153 Å². The third-order valence-electron chi connectivity index (χ3n) is 5.18. The molecule has 3 saturated heterocycles. The molecule has 0 radical (unpaired) electrons. The molecule has 0 amide bonds. The number of rotatable bonds is 2. The molecule has 22 heavy (non-hydrogen) atoms. The Balaban J connectivity index is 0.00000144. The first-order valence-corrected chi connectivity index (χ1v) is 8.72. The Morgan fingerprint density at radius 1 is 1.32 bits per heavy atom. The Hall–Kier alpha value is -0.340. The van der Waals surface area contributed by atoms with Gasteiger partial charge in [0.2, 0.25) is 0 Å². The molecule has 3 aliphatic heterocycles. The number of ether oxygens (including phenoxy) is 1. The van der Waals surface area contributed by atoms with Crippen molar-refractivity contribution < 1.29 is 4.74 Å². The number of hydrogen-bond acceptors (Lipinski definition) is 3. The monoisotopic (exact) mass is 433 g/mol. The van der Waals surface area contributed by atoms with Crippen LogP contribution in [0.3, 0.4) is 0 Å². The van der Waals surface area contributed by atoms with Gasteiger partial charge < -0.3 is 15.0 Å². The number of fused-ring (bicyclic) bond motifs is 5. The Bertz CT molecular complexity index is 543. The van der Waals surface area contributed by atoms with E-state index in [1.54, 1.807) is 0 Å². The van der Waals surface area contributed by atoms with E-state index in [1.165, 1.54) is 22.6 Å². The van der Waals surface area contributed by atoms with E-state index in [-0.39, 0.29) is 24.0 Å². The lowest BCUT2D eigenvalue weighted by Gasteiger charge is -2.23. The van der Waals surface area contributed by atoms with Crippen LogP contribution in [0, 0.1) is 18.8 Å². The van der Waals surface area contributed by atoms with E-state index in [0.717, 1.165) is 37.4 Å². The zero-order chi connectivity index (χ0) is 14.4. The molecule has 122 valence electrons. The summed E-state index contributed by atoms with van der Waals surface area (Å²) in [5.41, 5.74) is 0. The quantitative estimate of drug-likeness (QED) is 0.443. The van der Waals surface area contributed by atoms with Gasteiger partial charge >= 0.3 is 0 Å². The van der Waals surface area contributed by atoms with E-state index >= 15 is 0 Å². The average molecular weight is 433 g/mol. The summed E-state index contributed by atoms with van der Waals surface area (Å²) < 4.78 is 6.05. The van der Waals surface area contributed by atoms with Gasteiger partial charge in [-0.2, -0.15) is 0 Å². The lowest BCUT2D eigenvalue weighted by atomic mass is 9.82. The van der Waals surface area contributed by atoms with Crippen molar-refractivity contribution in [2.45, 2.75) is 38.5 Å². The van der Waals surface area contributed by atoms with Crippen LogP contribution in [-0.4, -0.2) is 43.2 Å². The SMILES string of the molecule is CN=C(NCc1ccc(C)s1)N1CC2C3CCC(O3)C2C1.I. The minimum atomic E-state index is 0. The van der Waals surface area contributed by atoms with Crippen LogP contribution in [0.1, 0.15) is 22.6 Å². The Morgan fingerprint density at radius 3 is 2.55 bits per heavy atom. The smallest absolute Gasteiger partial charge is 0.193 e. The first-order valence-electron chi connectivity index (χ1n) is 7.91. The fourth-order valence-corrected chi connectivity index (χ4v) is 5.04. The van der Waals surface area contributed by atoms with E-state index in [1.807, 2.05) is 18.4 Å². The number of thiophene rings is 1. The van der Waals surface area contributed by atoms with E-state index in [4.69, 9.17) is 4.74 Å². The van der Waals surface area contributed by atoms with Gasteiger partial charge in [-0.15, -0.1) is 35.3 Å². The summed E-state index contributed by atoms with van der Waals surface area (Å²) in [5.74, 6) is 2.51. The summed E-state index contributed by atoms with van der Waals surface area (Å²) in [4.78, 5) is 9.66. The van der Waals surface area contributed by atoms with Gasteiger partial charge in [-0.3, -0.25) is 4.99 Å². The third kappa shape index (κ3) is 2.89. The summed E-state index contributed by atoms with van der Waals surface area (Å²) in [6.45, 7) is 5.24. The molecule has 0 aliphatic carbocycles. The van der Waals surface area contributed by atoms with E-state index in [9.17, 15) is 0 Å². The molecule has 1 aromatic heterocycles. The predicted molar refractivity (Wildman–Crippen MR) is 101 cm³/mol. The fraction of sp³-hybridized carbons (Fsp3) is 0.688. The van der Waals surface area contributed by atoms with Gasteiger partial charge in [0.1, 0.15) is 0 Å². The van der Waals surface area contributed by atoms with Gasteiger partial charge in [-0.25, -0.2) is 0 Å². The van der Waals surface area contributed by atoms with Gasteiger partial charge in [0.25, 0.3) is 0 Å². The van der Waals surface area contributed by atoms with Crippen molar-refractivity contribution in [2.75, 3.05) is 20.1 Å². The maximum absolute atomic E-state index is 6.05.